The number of rotatable bonds is 4. The van der Waals surface area contributed by atoms with Gasteiger partial charge in [0, 0.05) is 36.5 Å². The van der Waals surface area contributed by atoms with Gasteiger partial charge in [-0.25, -0.2) is 9.97 Å². The summed E-state index contributed by atoms with van der Waals surface area (Å²) in [6.07, 6.45) is 3.66. The molecule has 2 aromatic heterocycles. The maximum Gasteiger partial charge on any atom is 0.133 e. The maximum atomic E-state index is 4.67. The lowest BCUT2D eigenvalue weighted by Gasteiger charge is -2.12. The van der Waals surface area contributed by atoms with Crippen molar-refractivity contribution in [1.82, 2.24) is 15.0 Å². The SMILES string of the molecule is CCNc1cc(-c2ccncc2C)nc(C(C)C)n1. The van der Waals surface area contributed by atoms with Crippen molar-refractivity contribution in [3.63, 3.8) is 0 Å². The Morgan fingerprint density at radius 3 is 2.68 bits per heavy atom. The van der Waals surface area contributed by atoms with E-state index in [0.717, 1.165) is 35.0 Å². The van der Waals surface area contributed by atoms with Crippen molar-refractivity contribution in [2.45, 2.75) is 33.6 Å². The van der Waals surface area contributed by atoms with Crippen molar-refractivity contribution in [1.29, 1.82) is 0 Å². The molecule has 0 bridgehead atoms. The van der Waals surface area contributed by atoms with Gasteiger partial charge in [-0.05, 0) is 25.5 Å². The number of nitrogens with one attached hydrogen (secondary N) is 1. The Balaban J connectivity index is 2.53. The fourth-order valence-electron chi connectivity index (χ4n) is 1.89. The molecular formula is C15H20N4. The molecule has 0 saturated heterocycles. The summed E-state index contributed by atoms with van der Waals surface area (Å²) in [5, 5.41) is 3.27. The van der Waals surface area contributed by atoms with Crippen molar-refractivity contribution in [3.8, 4) is 11.3 Å². The van der Waals surface area contributed by atoms with E-state index in [-0.39, 0.29) is 0 Å². The summed E-state index contributed by atoms with van der Waals surface area (Å²) in [5.41, 5.74) is 3.19. The molecule has 2 heterocycles. The fraction of sp³-hybridized carbons (Fsp3) is 0.400. The molecule has 0 aliphatic rings. The van der Waals surface area contributed by atoms with Crippen LogP contribution in [0, 0.1) is 6.92 Å². The summed E-state index contributed by atoms with van der Waals surface area (Å²) in [4.78, 5) is 13.3. The van der Waals surface area contributed by atoms with E-state index in [1.807, 2.05) is 25.3 Å². The maximum absolute atomic E-state index is 4.67. The van der Waals surface area contributed by atoms with Gasteiger partial charge in [-0.3, -0.25) is 4.98 Å². The Morgan fingerprint density at radius 2 is 2.05 bits per heavy atom. The van der Waals surface area contributed by atoms with E-state index in [2.05, 4.69) is 41.0 Å². The van der Waals surface area contributed by atoms with Crippen molar-refractivity contribution in [3.05, 3.63) is 35.9 Å². The van der Waals surface area contributed by atoms with Crippen LogP contribution in [0.5, 0.6) is 0 Å². The minimum atomic E-state index is 0.305. The van der Waals surface area contributed by atoms with Crippen LogP contribution < -0.4 is 5.32 Å². The number of aryl methyl sites for hydroxylation is 1. The van der Waals surface area contributed by atoms with E-state index < -0.39 is 0 Å². The Morgan fingerprint density at radius 1 is 1.26 bits per heavy atom. The van der Waals surface area contributed by atoms with Crippen LogP contribution in [0.25, 0.3) is 11.3 Å². The molecule has 100 valence electrons. The smallest absolute Gasteiger partial charge is 0.133 e. The zero-order chi connectivity index (χ0) is 13.8. The lowest BCUT2D eigenvalue weighted by molar-refractivity contribution is 0.776. The Hall–Kier alpha value is -1.97. The van der Waals surface area contributed by atoms with Crippen LogP contribution >= 0.6 is 0 Å². The van der Waals surface area contributed by atoms with Gasteiger partial charge in [0.2, 0.25) is 0 Å². The second kappa shape index (κ2) is 5.78. The second-order valence-electron chi connectivity index (χ2n) is 4.87. The van der Waals surface area contributed by atoms with Crippen LogP contribution in [-0.2, 0) is 0 Å². The molecule has 0 saturated carbocycles. The highest BCUT2D eigenvalue weighted by Crippen LogP contribution is 2.24. The highest BCUT2D eigenvalue weighted by atomic mass is 15.0. The molecule has 4 nitrogen and oxygen atoms in total. The van der Waals surface area contributed by atoms with Crippen LogP contribution in [0.1, 0.15) is 38.1 Å². The highest BCUT2D eigenvalue weighted by molar-refractivity contribution is 5.65. The van der Waals surface area contributed by atoms with Crippen LogP contribution in [0.15, 0.2) is 24.5 Å². The van der Waals surface area contributed by atoms with Crippen LogP contribution in [0.3, 0.4) is 0 Å². The molecule has 0 amide bonds. The highest BCUT2D eigenvalue weighted by Gasteiger charge is 2.10. The molecule has 0 aliphatic heterocycles. The summed E-state index contributed by atoms with van der Waals surface area (Å²) in [7, 11) is 0. The molecule has 0 atom stereocenters. The molecule has 0 aliphatic carbocycles. The predicted molar refractivity (Wildman–Crippen MR) is 78.3 cm³/mol. The summed E-state index contributed by atoms with van der Waals surface area (Å²) >= 11 is 0. The van der Waals surface area contributed by atoms with Crippen molar-refractivity contribution < 1.29 is 0 Å². The summed E-state index contributed by atoms with van der Waals surface area (Å²) in [5.74, 6) is 2.05. The van der Waals surface area contributed by atoms with Gasteiger partial charge < -0.3 is 5.32 Å². The first-order valence-electron chi connectivity index (χ1n) is 6.65. The Labute approximate surface area is 114 Å². The first kappa shape index (κ1) is 13.5. The summed E-state index contributed by atoms with van der Waals surface area (Å²) in [6, 6.07) is 4.00. The van der Waals surface area contributed by atoms with Crippen LogP contribution in [0.4, 0.5) is 5.82 Å². The third-order valence-electron chi connectivity index (χ3n) is 2.91. The molecule has 0 spiro atoms. The number of hydrogen-bond acceptors (Lipinski definition) is 4. The number of hydrogen-bond donors (Lipinski definition) is 1. The zero-order valence-corrected chi connectivity index (χ0v) is 11.9. The minimum Gasteiger partial charge on any atom is -0.370 e. The van der Waals surface area contributed by atoms with Crippen LogP contribution in [-0.4, -0.2) is 21.5 Å². The van der Waals surface area contributed by atoms with E-state index in [4.69, 9.17) is 0 Å². The molecule has 1 N–H and O–H groups in total. The largest absolute Gasteiger partial charge is 0.370 e. The van der Waals surface area contributed by atoms with E-state index in [1.54, 1.807) is 6.20 Å². The van der Waals surface area contributed by atoms with E-state index in [1.165, 1.54) is 0 Å². The standard InChI is InChI=1S/C15H20N4/c1-5-17-14-8-13(18-15(19-14)10(2)3)12-6-7-16-9-11(12)4/h6-10H,5H2,1-4H3,(H,17,18,19). The molecule has 2 aromatic rings. The van der Waals surface area contributed by atoms with Crippen molar-refractivity contribution >= 4 is 5.82 Å². The third-order valence-corrected chi connectivity index (χ3v) is 2.91. The predicted octanol–water partition coefficient (Wildman–Crippen LogP) is 3.40. The average Bonchev–Trinajstić information content (AvgIpc) is 2.39. The quantitative estimate of drug-likeness (QED) is 0.910. The van der Waals surface area contributed by atoms with Gasteiger partial charge in [-0.15, -0.1) is 0 Å². The second-order valence-corrected chi connectivity index (χ2v) is 4.87. The number of pyridine rings is 1. The first-order chi connectivity index (χ1) is 9.11. The normalized spacial score (nSPS) is 10.8. The monoisotopic (exact) mass is 256 g/mol. The first-order valence-corrected chi connectivity index (χ1v) is 6.65. The fourth-order valence-corrected chi connectivity index (χ4v) is 1.89. The molecular weight excluding hydrogens is 236 g/mol. The van der Waals surface area contributed by atoms with Gasteiger partial charge in [0.25, 0.3) is 0 Å². The van der Waals surface area contributed by atoms with Crippen molar-refractivity contribution in [2.75, 3.05) is 11.9 Å². The van der Waals surface area contributed by atoms with Gasteiger partial charge in [-0.1, -0.05) is 13.8 Å². The zero-order valence-electron chi connectivity index (χ0n) is 11.9. The van der Waals surface area contributed by atoms with Gasteiger partial charge in [0.05, 0.1) is 5.69 Å². The topological polar surface area (TPSA) is 50.7 Å². The summed E-state index contributed by atoms with van der Waals surface area (Å²) < 4.78 is 0. The van der Waals surface area contributed by atoms with Crippen LogP contribution in [0.2, 0.25) is 0 Å². The molecule has 0 fully saturated rings. The van der Waals surface area contributed by atoms with Gasteiger partial charge >= 0.3 is 0 Å². The molecule has 2 rings (SSSR count). The lowest BCUT2D eigenvalue weighted by atomic mass is 10.1. The van der Waals surface area contributed by atoms with Gasteiger partial charge in [-0.2, -0.15) is 0 Å². The number of nitrogens with zero attached hydrogens (tertiary/aromatic N) is 3. The van der Waals surface area contributed by atoms with E-state index in [0.29, 0.717) is 5.92 Å². The third kappa shape index (κ3) is 3.08. The lowest BCUT2D eigenvalue weighted by Crippen LogP contribution is -2.06. The van der Waals surface area contributed by atoms with Crippen molar-refractivity contribution in [2.24, 2.45) is 0 Å². The Kier molecular flexibility index (Phi) is 4.10. The molecule has 0 unspecified atom stereocenters. The minimum absolute atomic E-state index is 0.305. The summed E-state index contributed by atoms with van der Waals surface area (Å²) in [6.45, 7) is 9.17. The Bertz CT molecular complexity index is 564. The molecule has 0 radical (unpaired) electrons. The van der Waals surface area contributed by atoms with E-state index in [9.17, 15) is 0 Å². The van der Waals surface area contributed by atoms with Gasteiger partial charge in [0.1, 0.15) is 11.6 Å². The average molecular weight is 256 g/mol. The molecule has 0 aromatic carbocycles. The van der Waals surface area contributed by atoms with Gasteiger partial charge in [0.15, 0.2) is 0 Å². The number of anilines is 1. The molecule has 19 heavy (non-hydrogen) atoms. The van der Waals surface area contributed by atoms with E-state index >= 15 is 0 Å². The molecule has 4 heteroatoms. The number of aromatic nitrogens is 3.